The van der Waals surface area contributed by atoms with E-state index in [9.17, 15) is 31.1 Å². The van der Waals surface area contributed by atoms with Crippen LogP contribution in [-0.4, -0.2) is 17.3 Å². The van der Waals surface area contributed by atoms with Crippen LogP contribution >= 0.6 is 11.6 Å². The quantitative estimate of drug-likeness (QED) is 0.396. The number of carbonyl (C=O) groups is 1. The van der Waals surface area contributed by atoms with Gasteiger partial charge in [-0.25, -0.2) is 0 Å². The van der Waals surface area contributed by atoms with E-state index in [1.165, 1.54) is 4.90 Å². The number of amides is 1. The zero-order valence-electron chi connectivity index (χ0n) is 15.9. The van der Waals surface area contributed by atoms with Crippen LogP contribution in [0.5, 0.6) is 5.75 Å². The molecule has 0 N–H and O–H groups in total. The van der Waals surface area contributed by atoms with Gasteiger partial charge in [0.2, 0.25) is 0 Å². The molecule has 0 atom stereocenters. The smallest absolute Gasteiger partial charge is 0.406 e. The number of pyridine rings is 1. The van der Waals surface area contributed by atoms with Crippen LogP contribution in [0.25, 0.3) is 0 Å². The molecule has 1 amide bonds. The van der Waals surface area contributed by atoms with Crippen molar-refractivity contribution in [3.63, 3.8) is 0 Å². The summed E-state index contributed by atoms with van der Waals surface area (Å²) in [6, 6.07) is 13.1. The number of rotatable bonds is 5. The molecule has 0 saturated carbocycles. The van der Waals surface area contributed by atoms with E-state index >= 15 is 0 Å². The predicted octanol–water partition coefficient (Wildman–Crippen LogP) is 6.50. The first-order valence-corrected chi connectivity index (χ1v) is 9.26. The molecule has 168 valence electrons. The summed E-state index contributed by atoms with van der Waals surface area (Å²) in [5, 5.41) is -0.289. The van der Waals surface area contributed by atoms with Crippen LogP contribution in [0.1, 0.15) is 21.6 Å². The molecule has 2 aromatic carbocycles. The molecule has 0 aliphatic heterocycles. The van der Waals surface area contributed by atoms with Gasteiger partial charge >= 0.3 is 12.5 Å². The molecule has 3 rings (SSSR count). The number of aromatic nitrogens is 1. The van der Waals surface area contributed by atoms with Crippen LogP contribution in [-0.2, 0) is 12.7 Å². The summed E-state index contributed by atoms with van der Waals surface area (Å²) < 4.78 is 79.4. The Bertz CT molecular complexity index is 1090. The fourth-order valence-electron chi connectivity index (χ4n) is 2.73. The molecule has 0 unspecified atom stereocenters. The maximum Gasteiger partial charge on any atom is 0.573 e. The van der Waals surface area contributed by atoms with Crippen LogP contribution in [0, 0.1) is 0 Å². The van der Waals surface area contributed by atoms with Gasteiger partial charge in [-0.1, -0.05) is 29.8 Å². The van der Waals surface area contributed by atoms with E-state index in [0.717, 1.165) is 24.3 Å². The third kappa shape index (κ3) is 5.91. The van der Waals surface area contributed by atoms with Crippen LogP contribution in [0.3, 0.4) is 0 Å². The number of ether oxygens (including phenoxy) is 1. The molecule has 3 aromatic rings. The minimum atomic E-state index is -4.88. The Hall–Kier alpha value is -3.27. The molecule has 32 heavy (non-hydrogen) atoms. The third-order valence-electron chi connectivity index (χ3n) is 4.20. The monoisotopic (exact) mass is 474 g/mol. The van der Waals surface area contributed by atoms with Crippen LogP contribution in [0.15, 0.2) is 66.9 Å². The highest BCUT2D eigenvalue weighted by Gasteiger charge is 2.32. The van der Waals surface area contributed by atoms with Crippen molar-refractivity contribution in [3.05, 3.63) is 88.7 Å². The molecule has 0 aliphatic rings. The van der Waals surface area contributed by atoms with E-state index in [-0.39, 0.29) is 22.8 Å². The number of halogens is 7. The second kappa shape index (κ2) is 9.07. The Kier molecular flexibility index (Phi) is 6.63. The number of carbonyl (C=O) groups excluding carboxylic acids is 1. The molecule has 0 radical (unpaired) electrons. The molecular weight excluding hydrogens is 462 g/mol. The molecule has 1 heterocycles. The third-order valence-corrected chi connectivity index (χ3v) is 4.53. The van der Waals surface area contributed by atoms with Crippen molar-refractivity contribution in [3.8, 4) is 5.75 Å². The maximum absolute atomic E-state index is 13.1. The number of benzene rings is 2. The van der Waals surface area contributed by atoms with Gasteiger partial charge in [-0.3, -0.25) is 9.78 Å². The van der Waals surface area contributed by atoms with Gasteiger partial charge in [-0.15, -0.1) is 13.2 Å². The lowest BCUT2D eigenvalue weighted by Gasteiger charge is -2.23. The minimum absolute atomic E-state index is 0.00824. The van der Waals surface area contributed by atoms with Crippen molar-refractivity contribution < 1.29 is 35.9 Å². The normalized spacial score (nSPS) is 11.8. The van der Waals surface area contributed by atoms with E-state index < -0.39 is 29.8 Å². The predicted molar refractivity (Wildman–Crippen MR) is 104 cm³/mol. The van der Waals surface area contributed by atoms with Gasteiger partial charge in [0, 0.05) is 17.4 Å². The van der Waals surface area contributed by atoms with Gasteiger partial charge in [0.1, 0.15) is 5.75 Å². The van der Waals surface area contributed by atoms with E-state index in [0.29, 0.717) is 18.0 Å². The molecule has 0 spiro atoms. The SMILES string of the molecule is O=C(c1ccc(OC(F)(F)F)cc1)N(Cc1ncc(C(F)(F)F)cc1Cl)c1ccccc1. The zero-order valence-corrected chi connectivity index (χ0v) is 16.7. The van der Waals surface area contributed by atoms with Gasteiger partial charge in [-0.05, 0) is 42.5 Å². The van der Waals surface area contributed by atoms with Crippen molar-refractivity contribution in [2.24, 2.45) is 0 Å². The Morgan fingerprint density at radius 1 is 0.969 bits per heavy atom. The molecule has 0 saturated heterocycles. The largest absolute Gasteiger partial charge is 0.573 e. The summed E-state index contributed by atoms with van der Waals surface area (Å²) in [5.41, 5.74) is -0.629. The zero-order chi connectivity index (χ0) is 23.5. The Morgan fingerprint density at radius 2 is 1.59 bits per heavy atom. The lowest BCUT2D eigenvalue weighted by molar-refractivity contribution is -0.274. The van der Waals surface area contributed by atoms with Gasteiger partial charge in [0.15, 0.2) is 0 Å². The van der Waals surface area contributed by atoms with Gasteiger partial charge in [0.05, 0.1) is 22.8 Å². The van der Waals surface area contributed by atoms with Crippen molar-refractivity contribution in [1.29, 1.82) is 0 Å². The number of alkyl halides is 6. The van der Waals surface area contributed by atoms with E-state index in [1.54, 1.807) is 30.3 Å². The molecular formula is C21H13ClF6N2O2. The number of hydrogen-bond acceptors (Lipinski definition) is 3. The van der Waals surface area contributed by atoms with E-state index in [4.69, 9.17) is 11.6 Å². The van der Waals surface area contributed by atoms with Gasteiger partial charge < -0.3 is 9.64 Å². The topological polar surface area (TPSA) is 42.4 Å². The Labute approximate surface area is 183 Å². The first-order chi connectivity index (χ1) is 14.9. The van der Waals surface area contributed by atoms with Crippen molar-refractivity contribution >= 4 is 23.2 Å². The second-order valence-corrected chi connectivity index (χ2v) is 6.86. The van der Waals surface area contributed by atoms with Crippen LogP contribution in [0.2, 0.25) is 5.02 Å². The molecule has 1 aromatic heterocycles. The van der Waals surface area contributed by atoms with E-state index in [2.05, 4.69) is 9.72 Å². The average molecular weight is 475 g/mol. The average Bonchev–Trinajstić information content (AvgIpc) is 2.72. The molecule has 4 nitrogen and oxygen atoms in total. The summed E-state index contributed by atoms with van der Waals surface area (Å²) in [5.74, 6) is -1.14. The van der Waals surface area contributed by atoms with Crippen molar-refractivity contribution in [2.75, 3.05) is 4.90 Å². The van der Waals surface area contributed by atoms with E-state index in [1.807, 2.05) is 0 Å². The molecule has 0 aliphatic carbocycles. The molecule has 0 bridgehead atoms. The van der Waals surface area contributed by atoms with Gasteiger partial charge in [-0.2, -0.15) is 13.2 Å². The first kappa shape index (κ1) is 23.4. The van der Waals surface area contributed by atoms with Crippen molar-refractivity contribution in [2.45, 2.75) is 19.1 Å². The fourth-order valence-corrected chi connectivity index (χ4v) is 2.96. The maximum atomic E-state index is 13.1. The fraction of sp³-hybridized carbons (Fsp3) is 0.143. The highest BCUT2D eigenvalue weighted by atomic mass is 35.5. The van der Waals surface area contributed by atoms with Crippen molar-refractivity contribution in [1.82, 2.24) is 4.98 Å². The minimum Gasteiger partial charge on any atom is -0.406 e. The number of para-hydroxylation sites is 1. The summed E-state index contributed by atoms with van der Waals surface area (Å²) in [6.07, 6.45) is -8.91. The lowest BCUT2D eigenvalue weighted by Crippen LogP contribution is -2.31. The standard InChI is InChI=1S/C21H13ClF6N2O2/c22-17-10-14(20(23,24)25)11-29-18(17)12-30(15-4-2-1-3-5-15)19(31)13-6-8-16(9-7-13)32-21(26,27)28/h1-11H,12H2. The first-order valence-electron chi connectivity index (χ1n) is 8.88. The van der Waals surface area contributed by atoms with Gasteiger partial charge in [0.25, 0.3) is 5.91 Å². The van der Waals surface area contributed by atoms with Crippen LogP contribution < -0.4 is 9.64 Å². The number of anilines is 1. The number of hydrogen-bond donors (Lipinski definition) is 0. The summed E-state index contributed by atoms with van der Waals surface area (Å²) in [6.45, 7) is -0.277. The summed E-state index contributed by atoms with van der Waals surface area (Å²) >= 11 is 5.98. The highest BCUT2D eigenvalue weighted by molar-refractivity contribution is 6.31. The summed E-state index contributed by atoms with van der Waals surface area (Å²) in [7, 11) is 0. The highest BCUT2D eigenvalue weighted by Crippen LogP contribution is 2.32. The van der Waals surface area contributed by atoms with Crippen LogP contribution in [0.4, 0.5) is 32.0 Å². The summed E-state index contributed by atoms with van der Waals surface area (Å²) in [4.78, 5) is 18.0. The Morgan fingerprint density at radius 3 is 2.12 bits per heavy atom. The second-order valence-electron chi connectivity index (χ2n) is 6.45. The molecule has 11 heteroatoms. The molecule has 0 fully saturated rings. The Balaban J connectivity index is 1.91. The lowest BCUT2D eigenvalue weighted by atomic mass is 10.1. The number of nitrogens with zero attached hydrogens (tertiary/aromatic N) is 2.